The smallest absolute Gasteiger partial charge is 0.0308 e. The predicted octanol–water partition coefficient (Wildman–Crippen LogP) is 3.64. The molecule has 1 heteroatoms. The van der Waals surface area contributed by atoms with E-state index in [1.165, 1.54) is 12.0 Å². The van der Waals surface area contributed by atoms with Crippen LogP contribution in [0.1, 0.15) is 25.3 Å². The van der Waals surface area contributed by atoms with Crippen LogP contribution >= 0.6 is 11.6 Å². The van der Waals surface area contributed by atoms with E-state index < -0.39 is 0 Å². The maximum absolute atomic E-state index is 5.84. The Morgan fingerprint density at radius 1 is 1.25 bits per heavy atom. The Morgan fingerprint density at radius 2 is 1.92 bits per heavy atom. The van der Waals surface area contributed by atoms with E-state index in [0.29, 0.717) is 5.38 Å². The maximum Gasteiger partial charge on any atom is 0.0308 e. The van der Waals surface area contributed by atoms with Crippen molar-refractivity contribution in [3.8, 4) is 0 Å². The SMILES string of the molecule is CC(Cl)CCCc1ccccc1. The molecule has 0 radical (unpaired) electrons. The third-order valence-corrected chi connectivity index (χ3v) is 2.13. The molecule has 0 bridgehead atoms. The Labute approximate surface area is 79.6 Å². The van der Waals surface area contributed by atoms with Gasteiger partial charge >= 0.3 is 0 Å². The summed E-state index contributed by atoms with van der Waals surface area (Å²) in [5.41, 5.74) is 1.41. The molecule has 0 saturated heterocycles. The zero-order chi connectivity index (χ0) is 8.81. The third-order valence-electron chi connectivity index (χ3n) is 1.91. The Balaban J connectivity index is 2.25. The average Bonchev–Trinajstić information content (AvgIpc) is 2.05. The zero-order valence-corrected chi connectivity index (χ0v) is 8.22. The third kappa shape index (κ3) is 3.77. The lowest BCUT2D eigenvalue weighted by Gasteiger charge is -2.02. The lowest BCUT2D eigenvalue weighted by atomic mass is 10.1. The fraction of sp³-hybridized carbons (Fsp3) is 0.455. The molecule has 0 heterocycles. The molecule has 0 spiro atoms. The van der Waals surface area contributed by atoms with Crippen molar-refractivity contribution in [2.24, 2.45) is 0 Å². The first kappa shape index (κ1) is 9.60. The lowest BCUT2D eigenvalue weighted by molar-refractivity contribution is 0.724. The Hall–Kier alpha value is -0.490. The fourth-order valence-corrected chi connectivity index (χ4v) is 1.39. The van der Waals surface area contributed by atoms with Gasteiger partial charge in [-0.15, -0.1) is 11.6 Å². The first-order valence-corrected chi connectivity index (χ1v) is 4.90. The number of hydrogen-bond acceptors (Lipinski definition) is 0. The van der Waals surface area contributed by atoms with E-state index in [1.807, 2.05) is 13.0 Å². The highest BCUT2D eigenvalue weighted by Gasteiger charge is 1.96. The van der Waals surface area contributed by atoms with Gasteiger partial charge in [0.25, 0.3) is 0 Å². The van der Waals surface area contributed by atoms with Crippen molar-refractivity contribution in [2.45, 2.75) is 31.6 Å². The molecule has 1 rings (SSSR count). The number of halogens is 1. The average molecular weight is 183 g/mol. The summed E-state index contributed by atoms with van der Waals surface area (Å²) in [5.74, 6) is 0. The minimum absolute atomic E-state index is 0.314. The molecule has 1 atom stereocenters. The van der Waals surface area contributed by atoms with Gasteiger partial charge in [0.2, 0.25) is 0 Å². The van der Waals surface area contributed by atoms with Gasteiger partial charge in [0.1, 0.15) is 0 Å². The van der Waals surface area contributed by atoms with Crippen molar-refractivity contribution >= 4 is 11.6 Å². The van der Waals surface area contributed by atoms with Crippen LogP contribution in [0.25, 0.3) is 0 Å². The van der Waals surface area contributed by atoms with E-state index in [2.05, 4.69) is 24.3 Å². The Morgan fingerprint density at radius 3 is 2.50 bits per heavy atom. The summed E-state index contributed by atoms with van der Waals surface area (Å²) in [6.45, 7) is 2.05. The van der Waals surface area contributed by atoms with Crippen LogP contribution < -0.4 is 0 Å². The molecule has 0 aromatic heterocycles. The zero-order valence-electron chi connectivity index (χ0n) is 7.46. The fourth-order valence-electron chi connectivity index (χ4n) is 1.23. The Kier molecular flexibility index (Phi) is 4.16. The number of aryl methyl sites for hydroxylation is 1. The van der Waals surface area contributed by atoms with Crippen molar-refractivity contribution in [3.63, 3.8) is 0 Å². The van der Waals surface area contributed by atoms with Gasteiger partial charge in [-0.05, 0) is 31.7 Å². The van der Waals surface area contributed by atoms with Crippen LogP contribution in [0.15, 0.2) is 30.3 Å². The number of benzene rings is 1. The topological polar surface area (TPSA) is 0 Å². The van der Waals surface area contributed by atoms with E-state index >= 15 is 0 Å². The largest absolute Gasteiger partial charge is 0.123 e. The summed E-state index contributed by atoms with van der Waals surface area (Å²) >= 11 is 5.84. The molecule has 0 saturated carbocycles. The van der Waals surface area contributed by atoms with Gasteiger partial charge in [0, 0.05) is 5.38 Å². The quantitative estimate of drug-likeness (QED) is 0.624. The van der Waals surface area contributed by atoms with Gasteiger partial charge in [-0.1, -0.05) is 30.3 Å². The number of hydrogen-bond donors (Lipinski definition) is 0. The highest BCUT2D eigenvalue weighted by Crippen LogP contribution is 2.08. The van der Waals surface area contributed by atoms with E-state index in [4.69, 9.17) is 11.6 Å². The molecule has 1 aromatic carbocycles. The molecule has 66 valence electrons. The standard InChI is InChI=1S/C11H15Cl/c1-10(12)6-5-9-11-7-3-2-4-8-11/h2-4,7-8,10H,5-6,9H2,1H3. The summed E-state index contributed by atoms with van der Waals surface area (Å²) in [7, 11) is 0. The Bertz CT molecular complexity index is 204. The van der Waals surface area contributed by atoms with Crippen molar-refractivity contribution < 1.29 is 0 Å². The van der Waals surface area contributed by atoms with Gasteiger partial charge in [0.05, 0.1) is 0 Å². The van der Waals surface area contributed by atoms with E-state index in [0.717, 1.165) is 12.8 Å². The highest BCUT2D eigenvalue weighted by atomic mass is 35.5. The van der Waals surface area contributed by atoms with Crippen LogP contribution in [0.3, 0.4) is 0 Å². The van der Waals surface area contributed by atoms with E-state index in [9.17, 15) is 0 Å². The van der Waals surface area contributed by atoms with Crippen molar-refractivity contribution in [3.05, 3.63) is 35.9 Å². The van der Waals surface area contributed by atoms with Gasteiger partial charge in [0.15, 0.2) is 0 Å². The van der Waals surface area contributed by atoms with Gasteiger partial charge in [-0.3, -0.25) is 0 Å². The van der Waals surface area contributed by atoms with E-state index in [1.54, 1.807) is 0 Å². The van der Waals surface area contributed by atoms with Crippen molar-refractivity contribution in [1.29, 1.82) is 0 Å². The number of alkyl halides is 1. The summed E-state index contributed by atoms with van der Waals surface area (Å²) in [6, 6.07) is 10.5. The lowest BCUT2D eigenvalue weighted by Crippen LogP contribution is -1.92. The van der Waals surface area contributed by atoms with Crippen LogP contribution in [-0.4, -0.2) is 5.38 Å². The molecule has 0 aliphatic carbocycles. The second-order valence-electron chi connectivity index (χ2n) is 3.16. The molecule has 1 aromatic rings. The molecule has 0 amide bonds. The molecular formula is C11H15Cl. The summed E-state index contributed by atoms with van der Waals surface area (Å²) in [4.78, 5) is 0. The van der Waals surface area contributed by atoms with E-state index in [-0.39, 0.29) is 0 Å². The van der Waals surface area contributed by atoms with Gasteiger partial charge in [-0.25, -0.2) is 0 Å². The first-order chi connectivity index (χ1) is 5.79. The maximum atomic E-state index is 5.84. The normalized spacial score (nSPS) is 12.8. The molecule has 0 nitrogen and oxygen atoms in total. The first-order valence-electron chi connectivity index (χ1n) is 4.47. The van der Waals surface area contributed by atoms with Crippen LogP contribution in [0.5, 0.6) is 0 Å². The minimum atomic E-state index is 0.314. The molecular weight excluding hydrogens is 168 g/mol. The van der Waals surface area contributed by atoms with Crippen LogP contribution in [-0.2, 0) is 6.42 Å². The second kappa shape index (κ2) is 5.21. The van der Waals surface area contributed by atoms with Crippen LogP contribution in [0, 0.1) is 0 Å². The number of rotatable bonds is 4. The predicted molar refractivity (Wildman–Crippen MR) is 54.7 cm³/mol. The monoisotopic (exact) mass is 182 g/mol. The van der Waals surface area contributed by atoms with Gasteiger partial charge in [-0.2, -0.15) is 0 Å². The second-order valence-corrected chi connectivity index (χ2v) is 3.90. The van der Waals surface area contributed by atoms with Crippen molar-refractivity contribution in [2.75, 3.05) is 0 Å². The minimum Gasteiger partial charge on any atom is -0.123 e. The molecule has 0 fully saturated rings. The van der Waals surface area contributed by atoms with Crippen LogP contribution in [0.4, 0.5) is 0 Å². The molecule has 0 aliphatic heterocycles. The van der Waals surface area contributed by atoms with Gasteiger partial charge < -0.3 is 0 Å². The van der Waals surface area contributed by atoms with Crippen molar-refractivity contribution in [1.82, 2.24) is 0 Å². The molecule has 12 heavy (non-hydrogen) atoms. The molecule has 1 unspecified atom stereocenters. The molecule has 0 N–H and O–H groups in total. The van der Waals surface area contributed by atoms with Crippen LogP contribution in [0.2, 0.25) is 0 Å². The summed E-state index contributed by atoms with van der Waals surface area (Å²) < 4.78 is 0. The summed E-state index contributed by atoms with van der Waals surface area (Å²) in [6.07, 6.45) is 3.45. The molecule has 0 aliphatic rings. The highest BCUT2D eigenvalue weighted by molar-refractivity contribution is 6.20. The summed E-state index contributed by atoms with van der Waals surface area (Å²) in [5, 5.41) is 0.314.